The molecule has 0 unspecified atom stereocenters. The highest BCUT2D eigenvalue weighted by Gasteiger charge is 2.19. The maximum atomic E-state index is 10.8. The summed E-state index contributed by atoms with van der Waals surface area (Å²) in [6, 6.07) is 2.20. The van der Waals surface area contributed by atoms with E-state index in [0.717, 1.165) is 31.4 Å². The third-order valence-corrected chi connectivity index (χ3v) is 2.99. The molecule has 0 atom stereocenters. The highest BCUT2D eigenvalue weighted by atomic mass is 16.6. The number of aromatic carboxylic acids is 1. The van der Waals surface area contributed by atoms with Crippen molar-refractivity contribution < 1.29 is 19.6 Å². The van der Waals surface area contributed by atoms with E-state index in [1.54, 1.807) is 0 Å². The minimum Gasteiger partial charge on any atom is -0.477 e. The van der Waals surface area contributed by atoms with E-state index < -0.39 is 10.9 Å². The van der Waals surface area contributed by atoms with Crippen molar-refractivity contribution in [2.45, 2.75) is 45.4 Å². The molecule has 0 aliphatic heterocycles. The summed E-state index contributed by atoms with van der Waals surface area (Å²) in [4.78, 5) is 24.7. The summed E-state index contributed by atoms with van der Waals surface area (Å²) in [6.45, 7) is 2.44. The zero-order valence-corrected chi connectivity index (χ0v) is 12.1. The van der Waals surface area contributed by atoms with Gasteiger partial charge in [-0.05, 0) is 12.5 Å². The molecule has 1 heterocycles. The van der Waals surface area contributed by atoms with Crippen molar-refractivity contribution in [3.05, 3.63) is 27.9 Å². The van der Waals surface area contributed by atoms with Crippen LogP contribution in [-0.4, -0.2) is 27.6 Å². The van der Waals surface area contributed by atoms with Gasteiger partial charge in [-0.1, -0.05) is 39.0 Å². The SMILES string of the molecule is CCCCCCCCOc1nc(C(=O)O)ccc1[N+](=O)[O-]. The first-order valence-corrected chi connectivity index (χ1v) is 7.07. The number of carboxylic acids is 1. The lowest BCUT2D eigenvalue weighted by molar-refractivity contribution is -0.386. The molecule has 1 aromatic heterocycles. The van der Waals surface area contributed by atoms with Crippen LogP contribution in [0.4, 0.5) is 5.69 Å². The zero-order chi connectivity index (χ0) is 15.7. The first-order valence-electron chi connectivity index (χ1n) is 7.07. The van der Waals surface area contributed by atoms with Gasteiger partial charge in [0, 0.05) is 6.07 Å². The Balaban J connectivity index is 2.53. The van der Waals surface area contributed by atoms with Crippen molar-refractivity contribution in [1.29, 1.82) is 0 Å². The second-order valence-electron chi connectivity index (χ2n) is 4.70. The molecule has 0 saturated carbocycles. The van der Waals surface area contributed by atoms with Crippen molar-refractivity contribution in [3.63, 3.8) is 0 Å². The van der Waals surface area contributed by atoms with E-state index in [0.29, 0.717) is 6.61 Å². The number of ether oxygens (including phenoxy) is 1. The smallest absolute Gasteiger partial charge is 0.354 e. The Morgan fingerprint density at radius 1 is 1.29 bits per heavy atom. The molecule has 116 valence electrons. The van der Waals surface area contributed by atoms with Crippen LogP contribution in [-0.2, 0) is 0 Å². The molecular formula is C14H20N2O5. The number of carboxylic acid groups (broad SMARTS) is 1. The van der Waals surface area contributed by atoms with Gasteiger partial charge in [0.15, 0.2) is 5.69 Å². The van der Waals surface area contributed by atoms with Crippen molar-refractivity contribution in [1.82, 2.24) is 4.98 Å². The molecule has 0 saturated heterocycles. The predicted octanol–water partition coefficient (Wildman–Crippen LogP) is 3.43. The summed E-state index contributed by atoms with van der Waals surface area (Å²) in [5.41, 5.74) is -0.579. The van der Waals surface area contributed by atoms with Crippen molar-refractivity contribution in [3.8, 4) is 5.88 Å². The topological polar surface area (TPSA) is 103 Å². The number of nitro groups is 1. The number of nitrogens with zero attached hydrogens (tertiary/aromatic N) is 2. The average molecular weight is 296 g/mol. The fourth-order valence-electron chi connectivity index (χ4n) is 1.85. The number of aromatic nitrogens is 1. The van der Waals surface area contributed by atoms with Crippen LogP contribution in [0.25, 0.3) is 0 Å². The Morgan fingerprint density at radius 3 is 2.57 bits per heavy atom. The maximum absolute atomic E-state index is 10.8. The summed E-state index contributed by atoms with van der Waals surface area (Å²) < 4.78 is 5.28. The third-order valence-electron chi connectivity index (χ3n) is 2.99. The third kappa shape index (κ3) is 5.76. The van der Waals surface area contributed by atoms with Crippen LogP contribution in [0.2, 0.25) is 0 Å². The summed E-state index contributed by atoms with van der Waals surface area (Å²) >= 11 is 0. The van der Waals surface area contributed by atoms with Crippen LogP contribution in [0.3, 0.4) is 0 Å². The highest BCUT2D eigenvalue weighted by Crippen LogP contribution is 2.24. The molecule has 7 nitrogen and oxygen atoms in total. The Morgan fingerprint density at radius 2 is 1.95 bits per heavy atom. The Bertz CT molecular complexity index is 490. The minimum absolute atomic E-state index is 0.228. The number of unbranched alkanes of at least 4 members (excludes halogenated alkanes) is 5. The monoisotopic (exact) mass is 296 g/mol. The maximum Gasteiger partial charge on any atom is 0.354 e. The zero-order valence-electron chi connectivity index (χ0n) is 12.1. The van der Waals surface area contributed by atoms with Crippen molar-refractivity contribution in [2.75, 3.05) is 6.61 Å². The fraction of sp³-hybridized carbons (Fsp3) is 0.571. The van der Waals surface area contributed by atoms with E-state index in [-0.39, 0.29) is 17.3 Å². The van der Waals surface area contributed by atoms with Crippen LogP contribution < -0.4 is 4.74 Å². The summed E-state index contributed by atoms with van der Waals surface area (Å²) in [5.74, 6) is -1.47. The molecule has 7 heteroatoms. The van der Waals surface area contributed by atoms with Gasteiger partial charge in [-0.15, -0.1) is 0 Å². The lowest BCUT2D eigenvalue weighted by atomic mass is 10.1. The molecule has 1 aromatic rings. The summed E-state index contributed by atoms with van der Waals surface area (Å²) in [7, 11) is 0. The van der Waals surface area contributed by atoms with Crippen molar-refractivity contribution in [2.24, 2.45) is 0 Å². The number of carbonyl (C=O) groups is 1. The fourth-order valence-corrected chi connectivity index (χ4v) is 1.85. The van der Waals surface area contributed by atoms with Gasteiger partial charge in [0.05, 0.1) is 11.5 Å². The van der Waals surface area contributed by atoms with Gasteiger partial charge in [-0.25, -0.2) is 9.78 Å². The van der Waals surface area contributed by atoms with Gasteiger partial charge in [0.1, 0.15) is 0 Å². The van der Waals surface area contributed by atoms with Gasteiger partial charge in [0.25, 0.3) is 5.88 Å². The number of pyridine rings is 1. The second-order valence-corrected chi connectivity index (χ2v) is 4.70. The number of hydrogen-bond acceptors (Lipinski definition) is 5. The molecule has 0 amide bonds. The molecule has 0 radical (unpaired) electrons. The predicted molar refractivity (Wildman–Crippen MR) is 76.7 cm³/mol. The Hall–Kier alpha value is -2.18. The van der Waals surface area contributed by atoms with E-state index in [4.69, 9.17) is 9.84 Å². The van der Waals surface area contributed by atoms with Crippen LogP contribution in [0.1, 0.15) is 55.9 Å². The van der Waals surface area contributed by atoms with Crippen molar-refractivity contribution >= 4 is 11.7 Å². The standard InChI is InChI=1S/C14H20N2O5/c1-2-3-4-5-6-7-10-21-13-12(16(19)20)9-8-11(15-13)14(17)18/h8-9H,2-7,10H2,1H3,(H,17,18). The first-order chi connectivity index (χ1) is 10.1. The Labute approximate surface area is 123 Å². The van der Waals surface area contributed by atoms with E-state index >= 15 is 0 Å². The molecule has 0 bridgehead atoms. The van der Waals surface area contributed by atoms with Gasteiger partial charge >= 0.3 is 11.7 Å². The van der Waals surface area contributed by atoms with Gasteiger partial charge in [-0.2, -0.15) is 0 Å². The van der Waals surface area contributed by atoms with E-state index in [1.807, 2.05) is 0 Å². The van der Waals surface area contributed by atoms with Crippen LogP contribution >= 0.6 is 0 Å². The largest absolute Gasteiger partial charge is 0.477 e. The van der Waals surface area contributed by atoms with Crippen LogP contribution in [0.15, 0.2) is 12.1 Å². The molecule has 1 N–H and O–H groups in total. The van der Waals surface area contributed by atoms with Gasteiger partial charge in [0.2, 0.25) is 0 Å². The molecule has 0 aliphatic rings. The Kier molecular flexibility index (Phi) is 7.14. The van der Waals surface area contributed by atoms with Crippen LogP contribution in [0, 0.1) is 10.1 Å². The van der Waals surface area contributed by atoms with Crippen LogP contribution in [0.5, 0.6) is 5.88 Å². The first kappa shape index (κ1) is 16.9. The summed E-state index contributed by atoms with van der Waals surface area (Å²) in [6.07, 6.45) is 6.39. The molecule has 1 rings (SSSR count). The molecule has 0 aliphatic carbocycles. The minimum atomic E-state index is -1.24. The average Bonchev–Trinajstić information content (AvgIpc) is 2.45. The lowest BCUT2D eigenvalue weighted by Crippen LogP contribution is -2.07. The number of hydrogen-bond donors (Lipinski definition) is 1. The summed E-state index contributed by atoms with van der Waals surface area (Å²) in [5, 5.41) is 19.7. The van der Waals surface area contributed by atoms with Gasteiger partial charge in [-0.3, -0.25) is 10.1 Å². The molecular weight excluding hydrogens is 276 g/mol. The van der Waals surface area contributed by atoms with E-state index in [2.05, 4.69) is 11.9 Å². The van der Waals surface area contributed by atoms with E-state index in [9.17, 15) is 14.9 Å². The normalized spacial score (nSPS) is 10.3. The molecule has 0 spiro atoms. The number of rotatable bonds is 10. The molecule has 21 heavy (non-hydrogen) atoms. The molecule has 0 fully saturated rings. The molecule has 0 aromatic carbocycles. The highest BCUT2D eigenvalue weighted by molar-refractivity contribution is 5.85. The lowest BCUT2D eigenvalue weighted by Gasteiger charge is -2.06. The van der Waals surface area contributed by atoms with Gasteiger partial charge < -0.3 is 9.84 Å². The quantitative estimate of drug-likeness (QED) is 0.403. The second kappa shape index (κ2) is 8.89. The van der Waals surface area contributed by atoms with E-state index in [1.165, 1.54) is 19.3 Å².